The molecule has 0 aromatic heterocycles. The van der Waals surface area contributed by atoms with Crippen molar-refractivity contribution in [2.75, 3.05) is 53.5 Å². The molecule has 9 nitrogen and oxygen atoms in total. The van der Waals surface area contributed by atoms with E-state index < -0.39 is 18.2 Å². The predicted molar refractivity (Wildman–Crippen MR) is 85.6 cm³/mol. The molecule has 2 atom stereocenters. The zero-order valence-electron chi connectivity index (χ0n) is 14.2. The second kappa shape index (κ2) is 8.29. The normalized spacial score (nSPS) is 22.8. The Morgan fingerprint density at radius 1 is 1.33 bits per heavy atom. The summed E-state index contributed by atoms with van der Waals surface area (Å²) < 4.78 is 5.28. The average Bonchev–Trinajstić information content (AvgIpc) is 2.88. The van der Waals surface area contributed by atoms with E-state index in [1.165, 1.54) is 4.90 Å². The largest absolute Gasteiger partial charge is 0.465 e. The van der Waals surface area contributed by atoms with Crippen LogP contribution in [0, 0.1) is 0 Å². The molecule has 9 heteroatoms. The summed E-state index contributed by atoms with van der Waals surface area (Å²) in [4.78, 5) is 41.4. The fourth-order valence-corrected chi connectivity index (χ4v) is 3.08. The molecule has 0 aliphatic carbocycles. The fourth-order valence-electron chi connectivity index (χ4n) is 3.08. The van der Waals surface area contributed by atoms with E-state index in [1.54, 1.807) is 4.90 Å². The molecule has 2 fully saturated rings. The molecule has 2 N–H and O–H groups in total. The molecule has 0 spiro atoms. The molecule has 0 aromatic rings. The molecule has 3 amide bonds. The van der Waals surface area contributed by atoms with Crippen molar-refractivity contribution in [3.05, 3.63) is 0 Å². The first-order valence-electron chi connectivity index (χ1n) is 8.21. The number of carbonyl (C=O) groups is 3. The van der Waals surface area contributed by atoms with Crippen LogP contribution in [0.2, 0.25) is 0 Å². The maximum atomic E-state index is 12.9. The molecule has 0 radical (unpaired) electrons. The van der Waals surface area contributed by atoms with Crippen LogP contribution in [-0.2, 0) is 14.3 Å². The number of ether oxygens (including phenoxy) is 1. The van der Waals surface area contributed by atoms with Gasteiger partial charge in [-0.05, 0) is 33.5 Å². The van der Waals surface area contributed by atoms with Crippen molar-refractivity contribution in [2.24, 2.45) is 0 Å². The van der Waals surface area contributed by atoms with Crippen LogP contribution in [0.4, 0.5) is 4.79 Å². The van der Waals surface area contributed by atoms with Crippen LogP contribution in [0.25, 0.3) is 0 Å². The number of amides is 3. The van der Waals surface area contributed by atoms with Crippen molar-refractivity contribution < 1.29 is 24.2 Å². The number of nitrogens with one attached hydrogen (secondary N) is 1. The van der Waals surface area contributed by atoms with Gasteiger partial charge in [-0.15, -0.1) is 0 Å². The summed E-state index contributed by atoms with van der Waals surface area (Å²) in [5.41, 5.74) is 0. The topological polar surface area (TPSA) is 102 Å². The van der Waals surface area contributed by atoms with Gasteiger partial charge in [0, 0.05) is 19.6 Å². The van der Waals surface area contributed by atoms with Gasteiger partial charge in [0.05, 0.1) is 13.2 Å². The monoisotopic (exact) mass is 342 g/mol. The van der Waals surface area contributed by atoms with Crippen molar-refractivity contribution in [1.29, 1.82) is 0 Å². The maximum absolute atomic E-state index is 12.9. The Labute approximate surface area is 141 Å². The molecule has 136 valence electrons. The van der Waals surface area contributed by atoms with Gasteiger partial charge in [-0.1, -0.05) is 0 Å². The predicted octanol–water partition coefficient (Wildman–Crippen LogP) is -0.966. The van der Waals surface area contributed by atoms with Crippen LogP contribution in [0.3, 0.4) is 0 Å². The van der Waals surface area contributed by atoms with Crippen LogP contribution in [-0.4, -0.2) is 103 Å². The second-order valence-electron chi connectivity index (χ2n) is 6.37. The Morgan fingerprint density at radius 2 is 2.00 bits per heavy atom. The van der Waals surface area contributed by atoms with E-state index in [4.69, 9.17) is 9.84 Å². The summed E-state index contributed by atoms with van der Waals surface area (Å²) in [5, 5.41) is 11.1. The van der Waals surface area contributed by atoms with Crippen molar-refractivity contribution in [1.82, 2.24) is 20.0 Å². The van der Waals surface area contributed by atoms with E-state index in [-0.39, 0.29) is 11.8 Å². The standard InChI is InChI=1S/C15H26N4O5/c1-17(2)5-4-12(14(21)18-7-9-24-10-8-18)19-6-3-11(13(19)20)16-15(22)23/h11-12,16H,3-10H2,1-2H3,(H,22,23)/t11-,12-/m0/s1. The summed E-state index contributed by atoms with van der Waals surface area (Å²) in [6.07, 6.45) is -0.311. The van der Waals surface area contributed by atoms with Gasteiger partial charge in [-0.25, -0.2) is 4.79 Å². The van der Waals surface area contributed by atoms with E-state index in [0.29, 0.717) is 52.2 Å². The number of hydrogen-bond acceptors (Lipinski definition) is 5. The number of hydrogen-bond donors (Lipinski definition) is 2. The molecule has 2 aliphatic heterocycles. The third-order valence-electron chi connectivity index (χ3n) is 4.37. The highest BCUT2D eigenvalue weighted by molar-refractivity contribution is 5.92. The van der Waals surface area contributed by atoms with Crippen molar-refractivity contribution in [2.45, 2.75) is 24.9 Å². The van der Waals surface area contributed by atoms with Crippen molar-refractivity contribution >= 4 is 17.9 Å². The lowest BCUT2D eigenvalue weighted by Gasteiger charge is -2.35. The minimum atomic E-state index is -1.22. The molecule has 0 unspecified atom stereocenters. The van der Waals surface area contributed by atoms with E-state index in [9.17, 15) is 14.4 Å². The van der Waals surface area contributed by atoms with Crippen LogP contribution in [0.15, 0.2) is 0 Å². The SMILES string of the molecule is CN(C)CC[C@@H](C(=O)N1CCOCC1)N1CC[C@H](NC(=O)O)C1=O. The Balaban J connectivity index is 2.08. The first-order chi connectivity index (χ1) is 11.4. The van der Waals surface area contributed by atoms with Gasteiger partial charge in [0.25, 0.3) is 0 Å². The summed E-state index contributed by atoms with van der Waals surface area (Å²) in [6.45, 7) is 3.11. The molecule has 2 heterocycles. The number of carbonyl (C=O) groups excluding carboxylic acids is 2. The van der Waals surface area contributed by atoms with Gasteiger partial charge in [-0.2, -0.15) is 0 Å². The lowest BCUT2D eigenvalue weighted by Crippen LogP contribution is -2.54. The first kappa shape index (κ1) is 18.5. The van der Waals surface area contributed by atoms with Crippen LogP contribution in [0.5, 0.6) is 0 Å². The van der Waals surface area contributed by atoms with E-state index in [2.05, 4.69) is 5.32 Å². The zero-order valence-corrected chi connectivity index (χ0v) is 14.2. The Hall–Kier alpha value is -1.87. The summed E-state index contributed by atoms with van der Waals surface area (Å²) >= 11 is 0. The van der Waals surface area contributed by atoms with Crippen molar-refractivity contribution in [3.63, 3.8) is 0 Å². The lowest BCUT2D eigenvalue weighted by atomic mass is 10.1. The van der Waals surface area contributed by atoms with E-state index >= 15 is 0 Å². The minimum Gasteiger partial charge on any atom is -0.465 e. The van der Waals surface area contributed by atoms with Crippen molar-refractivity contribution in [3.8, 4) is 0 Å². The minimum absolute atomic E-state index is 0.0792. The van der Waals surface area contributed by atoms with E-state index in [0.717, 1.165) is 0 Å². The Kier molecular flexibility index (Phi) is 6.38. The number of likely N-dealkylation sites (tertiary alicyclic amines) is 1. The van der Waals surface area contributed by atoms with Gasteiger partial charge < -0.3 is 29.9 Å². The quantitative estimate of drug-likeness (QED) is 0.644. The Morgan fingerprint density at radius 3 is 2.58 bits per heavy atom. The highest BCUT2D eigenvalue weighted by Crippen LogP contribution is 2.19. The van der Waals surface area contributed by atoms with E-state index in [1.807, 2.05) is 19.0 Å². The highest BCUT2D eigenvalue weighted by atomic mass is 16.5. The molecule has 0 aromatic carbocycles. The molecule has 24 heavy (non-hydrogen) atoms. The third-order valence-corrected chi connectivity index (χ3v) is 4.37. The smallest absolute Gasteiger partial charge is 0.405 e. The lowest BCUT2D eigenvalue weighted by molar-refractivity contribution is -0.147. The van der Waals surface area contributed by atoms with Crippen LogP contribution >= 0.6 is 0 Å². The Bertz CT molecular complexity index is 478. The molecule has 2 rings (SSSR count). The number of rotatable bonds is 6. The molecular weight excluding hydrogens is 316 g/mol. The molecule has 2 aliphatic rings. The number of nitrogens with zero attached hydrogens (tertiary/aromatic N) is 3. The molecule has 0 bridgehead atoms. The third kappa shape index (κ3) is 4.57. The van der Waals surface area contributed by atoms with Gasteiger partial charge in [0.1, 0.15) is 12.1 Å². The molecule has 2 saturated heterocycles. The maximum Gasteiger partial charge on any atom is 0.405 e. The van der Waals surface area contributed by atoms with Gasteiger partial charge >= 0.3 is 6.09 Å². The van der Waals surface area contributed by atoms with Crippen LogP contribution < -0.4 is 5.32 Å². The zero-order chi connectivity index (χ0) is 17.7. The first-order valence-corrected chi connectivity index (χ1v) is 8.21. The number of morpholine rings is 1. The number of carboxylic acid groups (broad SMARTS) is 1. The van der Waals surface area contributed by atoms with Crippen LogP contribution in [0.1, 0.15) is 12.8 Å². The van der Waals surface area contributed by atoms with Gasteiger partial charge in [0.2, 0.25) is 11.8 Å². The highest BCUT2D eigenvalue weighted by Gasteiger charge is 2.40. The average molecular weight is 342 g/mol. The summed E-state index contributed by atoms with van der Waals surface area (Å²) in [6, 6.07) is -1.32. The second-order valence-corrected chi connectivity index (χ2v) is 6.37. The summed E-state index contributed by atoms with van der Waals surface area (Å²) in [7, 11) is 3.83. The fraction of sp³-hybridized carbons (Fsp3) is 0.800. The van der Waals surface area contributed by atoms with Gasteiger partial charge in [0.15, 0.2) is 0 Å². The molecule has 0 saturated carbocycles. The van der Waals surface area contributed by atoms with Gasteiger partial charge in [-0.3, -0.25) is 9.59 Å². The summed E-state index contributed by atoms with van der Waals surface area (Å²) in [5.74, 6) is -0.396. The molecular formula is C15H26N4O5.